The minimum atomic E-state index is -4.44. The van der Waals surface area contributed by atoms with Crippen LogP contribution in [0.5, 0.6) is 11.5 Å². The highest BCUT2D eigenvalue weighted by Gasteiger charge is 2.29. The molecule has 0 bridgehead atoms. The monoisotopic (exact) mass is 422 g/mol. The van der Waals surface area contributed by atoms with E-state index in [1.807, 2.05) is 6.92 Å². The van der Waals surface area contributed by atoms with E-state index in [2.05, 4.69) is 10.3 Å². The minimum absolute atomic E-state index is 0.00427. The Morgan fingerprint density at radius 1 is 1.17 bits per heavy atom. The summed E-state index contributed by atoms with van der Waals surface area (Å²) in [5.74, 6) is 0.603. The van der Waals surface area contributed by atoms with Crippen LogP contribution >= 0.6 is 0 Å². The summed E-state index contributed by atoms with van der Waals surface area (Å²) in [6, 6.07) is 9.80. The number of alkyl halides is 3. The summed E-state index contributed by atoms with van der Waals surface area (Å²) in [7, 11) is 1.34. The molecule has 9 heteroatoms. The minimum Gasteiger partial charge on any atom is -0.493 e. The van der Waals surface area contributed by atoms with Crippen LogP contribution in [0, 0.1) is 0 Å². The molecule has 3 rings (SSSR count). The average Bonchev–Trinajstić information content (AvgIpc) is 3.13. The van der Waals surface area contributed by atoms with Gasteiger partial charge in [-0.2, -0.15) is 13.2 Å². The van der Waals surface area contributed by atoms with E-state index in [-0.39, 0.29) is 23.8 Å². The average molecular weight is 422 g/mol. The van der Waals surface area contributed by atoms with Crippen molar-refractivity contribution in [3.8, 4) is 11.5 Å². The van der Waals surface area contributed by atoms with Gasteiger partial charge in [0.2, 0.25) is 5.91 Å². The smallest absolute Gasteiger partial charge is 0.422 e. The zero-order chi connectivity index (χ0) is 21.7. The van der Waals surface area contributed by atoms with Gasteiger partial charge in [-0.15, -0.1) is 0 Å². The number of nitrogens with one attached hydrogen (secondary N) is 1. The summed E-state index contributed by atoms with van der Waals surface area (Å²) in [4.78, 5) is 16.6. The third kappa shape index (κ3) is 5.65. The number of aromatic nitrogens is 1. The van der Waals surface area contributed by atoms with Crippen LogP contribution in [-0.2, 0) is 17.6 Å². The maximum atomic E-state index is 12.3. The molecular weight excluding hydrogens is 401 g/mol. The molecule has 0 radical (unpaired) electrons. The van der Waals surface area contributed by atoms with Gasteiger partial charge in [-0.1, -0.05) is 13.0 Å². The van der Waals surface area contributed by atoms with Gasteiger partial charge >= 0.3 is 6.18 Å². The normalized spacial score (nSPS) is 11.5. The van der Waals surface area contributed by atoms with E-state index < -0.39 is 12.8 Å². The van der Waals surface area contributed by atoms with E-state index in [9.17, 15) is 18.0 Å². The molecule has 0 aliphatic carbocycles. The van der Waals surface area contributed by atoms with E-state index in [1.54, 1.807) is 30.3 Å². The Morgan fingerprint density at radius 3 is 2.67 bits per heavy atom. The van der Waals surface area contributed by atoms with Crippen molar-refractivity contribution in [2.75, 3.05) is 19.0 Å². The number of carbonyl (C=O) groups is 1. The topological polar surface area (TPSA) is 73.6 Å². The van der Waals surface area contributed by atoms with E-state index in [4.69, 9.17) is 13.9 Å². The van der Waals surface area contributed by atoms with E-state index in [1.165, 1.54) is 13.2 Å². The number of oxazole rings is 1. The molecule has 0 fully saturated rings. The Balaban J connectivity index is 1.58. The lowest BCUT2D eigenvalue weighted by Gasteiger charge is -2.13. The molecule has 1 N–H and O–H groups in total. The molecule has 0 unspecified atom stereocenters. The first kappa shape index (κ1) is 21.5. The molecule has 3 aromatic rings. The van der Waals surface area contributed by atoms with Crippen molar-refractivity contribution < 1.29 is 31.9 Å². The predicted molar refractivity (Wildman–Crippen MR) is 105 cm³/mol. The zero-order valence-electron chi connectivity index (χ0n) is 16.5. The molecule has 1 heterocycles. The maximum Gasteiger partial charge on any atom is 0.422 e. The highest BCUT2D eigenvalue weighted by molar-refractivity contribution is 5.92. The Bertz CT molecular complexity index is 1030. The Hall–Kier alpha value is -3.23. The van der Waals surface area contributed by atoms with Crippen LogP contribution in [0.25, 0.3) is 11.1 Å². The number of aryl methyl sites for hydroxylation is 2. The van der Waals surface area contributed by atoms with Crippen LogP contribution in [0.15, 0.2) is 40.8 Å². The number of methoxy groups -OCH3 is 1. The summed E-state index contributed by atoms with van der Waals surface area (Å²) >= 11 is 0. The van der Waals surface area contributed by atoms with Crippen LogP contribution in [0.1, 0.15) is 24.8 Å². The summed E-state index contributed by atoms with van der Waals surface area (Å²) in [6.07, 6.45) is -3.19. The van der Waals surface area contributed by atoms with Gasteiger partial charge in [-0.05, 0) is 42.3 Å². The third-order valence-corrected chi connectivity index (χ3v) is 4.28. The number of carbonyl (C=O) groups excluding carboxylic acids is 1. The van der Waals surface area contributed by atoms with Gasteiger partial charge in [0.05, 0.1) is 7.11 Å². The van der Waals surface area contributed by atoms with Gasteiger partial charge in [0.15, 0.2) is 29.6 Å². The highest BCUT2D eigenvalue weighted by Crippen LogP contribution is 2.30. The number of benzene rings is 2. The fraction of sp³-hybridized carbons (Fsp3) is 0.333. The number of nitrogens with zero attached hydrogens (tertiary/aromatic N) is 1. The van der Waals surface area contributed by atoms with Crippen LogP contribution in [-0.4, -0.2) is 30.8 Å². The molecule has 30 heavy (non-hydrogen) atoms. The van der Waals surface area contributed by atoms with Gasteiger partial charge in [0.1, 0.15) is 5.52 Å². The Labute approximate surface area is 171 Å². The van der Waals surface area contributed by atoms with E-state index >= 15 is 0 Å². The fourth-order valence-electron chi connectivity index (χ4n) is 2.83. The molecule has 0 aliphatic heterocycles. The molecule has 0 saturated heterocycles. The van der Waals surface area contributed by atoms with Crippen molar-refractivity contribution in [2.24, 2.45) is 0 Å². The first-order valence-electron chi connectivity index (χ1n) is 9.33. The second kappa shape index (κ2) is 9.06. The maximum absolute atomic E-state index is 12.3. The number of rotatable bonds is 8. The largest absolute Gasteiger partial charge is 0.493 e. The van der Waals surface area contributed by atoms with Crippen LogP contribution in [0.3, 0.4) is 0 Å². The summed E-state index contributed by atoms with van der Waals surface area (Å²) in [6.45, 7) is 0.540. The van der Waals surface area contributed by atoms with Crippen molar-refractivity contribution in [3.05, 3.63) is 47.9 Å². The molecule has 0 saturated carbocycles. The zero-order valence-corrected chi connectivity index (χ0v) is 16.5. The predicted octanol–water partition coefficient (Wildman–Crippen LogP) is 4.91. The summed E-state index contributed by atoms with van der Waals surface area (Å²) in [5.41, 5.74) is 2.67. The quantitative estimate of drug-likeness (QED) is 0.558. The van der Waals surface area contributed by atoms with Crippen molar-refractivity contribution in [1.82, 2.24) is 4.98 Å². The van der Waals surface area contributed by atoms with Crippen molar-refractivity contribution in [3.63, 3.8) is 0 Å². The third-order valence-electron chi connectivity index (χ3n) is 4.28. The molecule has 0 atom stereocenters. The first-order valence-corrected chi connectivity index (χ1v) is 9.33. The number of ether oxygens (including phenoxy) is 2. The number of amides is 1. The summed E-state index contributed by atoms with van der Waals surface area (Å²) in [5, 5.41) is 2.81. The number of hydrogen-bond donors (Lipinski definition) is 1. The molecule has 1 aromatic heterocycles. The molecule has 6 nitrogen and oxygen atoms in total. The fourth-order valence-corrected chi connectivity index (χ4v) is 2.83. The number of halogens is 3. The molecule has 0 aliphatic rings. The Kier molecular flexibility index (Phi) is 6.49. The van der Waals surface area contributed by atoms with Gasteiger partial charge in [0.25, 0.3) is 0 Å². The number of anilines is 1. The molecule has 160 valence electrons. The summed E-state index contributed by atoms with van der Waals surface area (Å²) < 4.78 is 52.4. The molecular formula is C21H21F3N2O4. The lowest BCUT2D eigenvalue weighted by molar-refractivity contribution is -0.153. The van der Waals surface area contributed by atoms with Crippen molar-refractivity contribution in [2.45, 2.75) is 32.4 Å². The molecule has 0 spiro atoms. The van der Waals surface area contributed by atoms with Crippen LogP contribution in [0.2, 0.25) is 0 Å². The van der Waals surface area contributed by atoms with E-state index in [0.29, 0.717) is 35.5 Å². The molecule has 1 amide bonds. The van der Waals surface area contributed by atoms with Crippen LogP contribution in [0.4, 0.5) is 18.9 Å². The van der Waals surface area contributed by atoms with Crippen LogP contribution < -0.4 is 14.8 Å². The lowest BCUT2D eigenvalue weighted by Crippen LogP contribution is -2.19. The van der Waals surface area contributed by atoms with Gasteiger partial charge in [-0.3, -0.25) is 4.79 Å². The molecule has 2 aromatic carbocycles. The lowest BCUT2D eigenvalue weighted by atomic mass is 10.1. The first-order chi connectivity index (χ1) is 14.3. The second-order valence-corrected chi connectivity index (χ2v) is 6.58. The van der Waals surface area contributed by atoms with Crippen molar-refractivity contribution >= 4 is 22.7 Å². The van der Waals surface area contributed by atoms with Gasteiger partial charge in [-0.25, -0.2) is 4.98 Å². The standard InChI is InChI=1S/C21H21F3N2O4/c1-3-20-26-15-11-14(6-8-16(15)30-20)25-19(27)9-5-13-4-7-17(18(10-13)28-2)29-12-21(22,23)24/h4,6-8,10-11H,3,5,9,12H2,1-2H3,(H,25,27). The number of fused-ring (bicyclic) bond motifs is 1. The second-order valence-electron chi connectivity index (χ2n) is 6.58. The highest BCUT2D eigenvalue weighted by atomic mass is 19.4. The van der Waals surface area contributed by atoms with Crippen molar-refractivity contribution in [1.29, 1.82) is 0 Å². The van der Waals surface area contributed by atoms with E-state index in [0.717, 1.165) is 5.56 Å². The Morgan fingerprint density at radius 2 is 1.97 bits per heavy atom. The number of hydrogen-bond acceptors (Lipinski definition) is 5. The van der Waals surface area contributed by atoms with Gasteiger partial charge in [0, 0.05) is 18.5 Å². The van der Waals surface area contributed by atoms with Gasteiger partial charge < -0.3 is 19.2 Å². The SMILES string of the molecule is CCc1nc2cc(NC(=O)CCc3ccc(OCC(F)(F)F)c(OC)c3)ccc2o1.